The molecule has 2 aliphatic rings. The molecule has 0 spiro atoms. The van der Waals surface area contributed by atoms with Gasteiger partial charge in [-0.3, -0.25) is 20.4 Å². The predicted molar refractivity (Wildman–Crippen MR) is 98.9 cm³/mol. The number of hydrogen-bond acceptors (Lipinski definition) is 3. The Hall–Kier alpha value is -2.21. The Bertz CT molecular complexity index is 817. The molecule has 1 aromatic carbocycles. The Labute approximate surface area is 155 Å². The number of halogens is 1. The van der Waals surface area contributed by atoms with E-state index in [1.54, 1.807) is 18.2 Å². The Morgan fingerprint density at radius 1 is 1.04 bits per heavy atom. The van der Waals surface area contributed by atoms with Crippen molar-refractivity contribution in [2.75, 3.05) is 0 Å². The molecule has 3 atom stereocenters. The van der Waals surface area contributed by atoms with E-state index >= 15 is 0 Å². The van der Waals surface area contributed by atoms with E-state index in [-0.39, 0.29) is 17.6 Å². The zero-order valence-electron chi connectivity index (χ0n) is 14.3. The third kappa shape index (κ3) is 3.65. The number of hydrogen-bond donors (Lipinski definition) is 2. The van der Waals surface area contributed by atoms with Crippen LogP contribution in [0.25, 0.3) is 10.4 Å². The highest BCUT2D eigenvalue weighted by atomic mass is 32.1. The molecule has 0 radical (unpaired) electrons. The van der Waals surface area contributed by atoms with Crippen LogP contribution in [0.5, 0.6) is 0 Å². The molecule has 6 heteroatoms. The van der Waals surface area contributed by atoms with Crippen molar-refractivity contribution in [3.8, 4) is 10.4 Å². The zero-order chi connectivity index (χ0) is 18.1. The molecular formula is C20H21FN2O2S. The third-order valence-corrected chi connectivity index (χ3v) is 6.74. The van der Waals surface area contributed by atoms with E-state index in [2.05, 4.69) is 10.9 Å². The van der Waals surface area contributed by atoms with Crippen molar-refractivity contribution in [2.45, 2.75) is 32.1 Å². The topological polar surface area (TPSA) is 58.2 Å². The van der Waals surface area contributed by atoms with Gasteiger partial charge < -0.3 is 0 Å². The SMILES string of the molecule is O=C(C[C@@H]1C[C@@H]2CC[C@@H]1C2)NNC(=O)c1ccc(-c2ccc(F)cc2)s1. The van der Waals surface area contributed by atoms with Crippen molar-refractivity contribution >= 4 is 23.2 Å². The lowest BCUT2D eigenvalue weighted by Crippen LogP contribution is -2.42. The minimum absolute atomic E-state index is 0.119. The molecule has 2 aromatic rings. The van der Waals surface area contributed by atoms with Crippen LogP contribution in [0.2, 0.25) is 0 Å². The molecule has 1 aromatic heterocycles. The number of rotatable bonds is 4. The van der Waals surface area contributed by atoms with E-state index in [4.69, 9.17) is 0 Å². The maximum absolute atomic E-state index is 13.0. The molecule has 4 rings (SSSR count). The summed E-state index contributed by atoms with van der Waals surface area (Å²) in [6.45, 7) is 0. The molecule has 136 valence electrons. The van der Waals surface area contributed by atoms with Gasteiger partial charge in [-0.1, -0.05) is 18.6 Å². The van der Waals surface area contributed by atoms with Crippen molar-refractivity contribution in [1.29, 1.82) is 0 Å². The van der Waals surface area contributed by atoms with Crippen molar-refractivity contribution in [2.24, 2.45) is 17.8 Å². The molecule has 0 unspecified atom stereocenters. The van der Waals surface area contributed by atoms with E-state index < -0.39 is 0 Å². The summed E-state index contributed by atoms with van der Waals surface area (Å²) in [6.07, 6.45) is 5.47. The van der Waals surface area contributed by atoms with Gasteiger partial charge in [0.05, 0.1) is 4.88 Å². The third-order valence-electron chi connectivity index (χ3n) is 5.61. The number of fused-ring (bicyclic) bond motifs is 2. The predicted octanol–water partition coefficient (Wildman–Crippen LogP) is 4.14. The molecule has 0 saturated heterocycles. The number of nitrogens with one attached hydrogen (secondary N) is 2. The summed E-state index contributed by atoms with van der Waals surface area (Å²) in [7, 11) is 0. The average Bonchev–Trinajstić information content (AvgIpc) is 3.37. The second kappa shape index (κ2) is 7.19. The van der Waals surface area contributed by atoms with Gasteiger partial charge >= 0.3 is 0 Å². The maximum atomic E-state index is 13.0. The van der Waals surface area contributed by atoms with E-state index in [9.17, 15) is 14.0 Å². The van der Waals surface area contributed by atoms with Gasteiger partial charge in [0.15, 0.2) is 0 Å². The van der Waals surface area contributed by atoms with Crippen LogP contribution in [0.1, 0.15) is 41.8 Å². The fourth-order valence-corrected chi connectivity index (χ4v) is 5.24. The van der Waals surface area contributed by atoms with E-state index in [0.29, 0.717) is 23.1 Å². The molecule has 1 heterocycles. The first-order valence-corrected chi connectivity index (χ1v) is 9.85. The van der Waals surface area contributed by atoms with Crippen LogP contribution in [0.3, 0.4) is 0 Å². The maximum Gasteiger partial charge on any atom is 0.279 e. The fraction of sp³-hybridized carbons (Fsp3) is 0.400. The van der Waals surface area contributed by atoms with Crippen molar-refractivity contribution in [3.63, 3.8) is 0 Å². The van der Waals surface area contributed by atoms with E-state index in [0.717, 1.165) is 22.8 Å². The number of carbonyl (C=O) groups excluding carboxylic acids is 2. The lowest BCUT2D eigenvalue weighted by molar-refractivity contribution is -0.123. The van der Waals surface area contributed by atoms with Crippen LogP contribution in [0.4, 0.5) is 4.39 Å². The molecule has 2 fully saturated rings. The van der Waals surface area contributed by atoms with E-state index in [1.165, 1.54) is 42.7 Å². The number of carbonyl (C=O) groups is 2. The van der Waals surface area contributed by atoms with E-state index in [1.807, 2.05) is 6.07 Å². The van der Waals surface area contributed by atoms with Gasteiger partial charge in [-0.2, -0.15) is 0 Å². The molecule has 2 N–H and O–H groups in total. The lowest BCUT2D eigenvalue weighted by Gasteiger charge is -2.20. The Kier molecular flexibility index (Phi) is 4.76. The average molecular weight is 372 g/mol. The van der Waals surface area contributed by atoms with Crippen molar-refractivity contribution in [3.05, 3.63) is 47.1 Å². The molecule has 4 nitrogen and oxygen atoms in total. The largest absolute Gasteiger partial charge is 0.279 e. The molecule has 2 saturated carbocycles. The molecule has 2 bridgehead atoms. The fourth-order valence-electron chi connectivity index (χ4n) is 4.33. The Morgan fingerprint density at radius 2 is 1.85 bits per heavy atom. The normalized spacial score (nSPS) is 23.8. The number of benzene rings is 1. The van der Waals surface area contributed by atoms with Gasteiger partial charge in [-0.15, -0.1) is 11.3 Å². The van der Waals surface area contributed by atoms with Crippen LogP contribution in [-0.2, 0) is 4.79 Å². The second-order valence-corrected chi connectivity index (χ2v) is 8.40. The quantitative estimate of drug-likeness (QED) is 0.793. The summed E-state index contributed by atoms with van der Waals surface area (Å²) in [5, 5.41) is 0. The summed E-state index contributed by atoms with van der Waals surface area (Å²) in [5.74, 6) is 1.23. The molecular weight excluding hydrogens is 351 g/mol. The van der Waals surface area contributed by atoms with Crippen LogP contribution in [0, 0.1) is 23.6 Å². The smallest absolute Gasteiger partial charge is 0.273 e. The second-order valence-electron chi connectivity index (χ2n) is 7.31. The van der Waals surface area contributed by atoms with Crippen molar-refractivity contribution < 1.29 is 14.0 Å². The number of amides is 2. The highest BCUT2D eigenvalue weighted by Gasteiger charge is 2.40. The summed E-state index contributed by atoms with van der Waals surface area (Å²) in [5.41, 5.74) is 5.90. The summed E-state index contributed by atoms with van der Waals surface area (Å²) in [6, 6.07) is 9.68. The Balaban J connectivity index is 1.29. The van der Waals surface area contributed by atoms with Gasteiger partial charge in [0.25, 0.3) is 5.91 Å². The van der Waals surface area contributed by atoms with Gasteiger partial charge in [0.1, 0.15) is 5.82 Å². The standard InChI is InChI=1S/C20H21FN2O2S/c21-16-5-3-13(4-6-16)17-7-8-18(26-17)20(25)23-22-19(24)11-15-10-12-1-2-14(15)9-12/h3-8,12,14-15H,1-2,9-11H2,(H,22,24)(H,23,25)/t12-,14-,15+/m1/s1. The first-order valence-electron chi connectivity index (χ1n) is 9.03. The first kappa shape index (κ1) is 17.2. The minimum atomic E-state index is -0.329. The van der Waals surface area contributed by atoms with Gasteiger partial charge in [0, 0.05) is 11.3 Å². The van der Waals surface area contributed by atoms with Crippen LogP contribution in [-0.4, -0.2) is 11.8 Å². The van der Waals surface area contributed by atoms with Gasteiger partial charge in [0.2, 0.25) is 5.91 Å². The van der Waals surface area contributed by atoms with Crippen LogP contribution < -0.4 is 10.9 Å². The Morgan fingerprint density at radius 3 is 2.54 bits per heavy atom. The molecule has 0 aliphatic heterocycles. The summed E-state index contributed by atoms with van der Waals surface area (Å²) in [4.78, 5) is 25.7. The van der Waals surface area contributed by atoms with Crippen LogP contribution in [0.15, 0.2) is 36.4 Å². The minimum Gasteiger partial charge on any atom is -0.273 e. The highest BCUT2D eigenvalue weighted by Crippen LogP contribution is 2.49. The summed E-state index contributed by atoms with van der Waals surface area (Å²) >= 11 is 1.31. The molecule has 26 heavy (non-hydrogen) atoms. The summed E-state index contributed by atoms with van der Waals surface area (Å²) < 4.78 is 13.0. The number of hydrazine groups is 1. The monoisotopic (exact) mass is 372 g/mol. The van der Waals surface area contributed by atoms with Gasteiger partial charge in [-0.25, -0.2) is 4.39 Å². The van der Waals surface area contributed by atoms with Crippen molar-refractivity contribution in [1.82, 2.24) is 10.9 Å². The van der Waals surface area contributed by atoms with Gasteiger partial charge in [-0.05, 0) is 66.8 Å². The molecule has 2 amide bonds. The first-order chi connectivity index (χ1) is 12.6. The highest BCUT2D eigenvalue weighted by molar-refractivity contribution is 7.17. The zero-order valence-corrected chi connectivity index (χ0v) is 15.2. The van der Waals surface area contributed by atoms with Crippen LogP contribution >= 0.6 is 11.3 Å². The lowest BCUT2D eigenvalue weighted by atomic mass is 9.86. The molecule has 2 aliphatic carbocycles. The number of thiophene rings is 1.